The summed E-state index contributed by atoms with van der Waals surface area (Å²) in [5.41, 5.74) is 0. The lowest BCUT2D eigenvalue weighted by Gasteiger charge is -2.37. The molecule has 0 aliphatic carbocycles. The van der Waals surface area contributed by atoms with Gasteiger partial charge in [-0.15, -0.1) is 0 Å². The highest BCUT2D eigenvalue weighted by atomic mass is 16.6. The molecule has 0 radical (unpaired) electrons. The lowest BCUT2D eigenvalue weighted by atomic mass is 9.94. The Hall–Kier alpha value is -3.71. The van der Waals surface area contributed by atoms with E-state index in [1.54, 1.807) is 0 Å². The van der Waals surface area contributed by atoms with Gasteiger partial charge in [0.05, 0.1) is 0 Å². The number of amides is 1. The second-order valence-electron chi connectivity index (χ2n) is 7.63. The molecular weight excluding hydrogens is 474 g/mol. The maximum Gasteiger partial charge on any atom is 0.347 e. The molecule has 1 saturated heterocycles. The van der Waals surface area contributed by atoms with Crippen LogP contribution in [0.4, 0.5) is 0 Å². The molecule has 1 heterocycles. The SMILES string of the molecule is CC(=O)N[C@@H]([C@@H](OC(C)=O)[C@H](OC(C)=O)[C@@H](COC(C)=O)OC(C)=O)[C@@H]1C[C@H](OC(C)=O)C(=O)O1. The molecule has 0 aromatic heterocycles. The van der Waals surface area contributed by atoms with Crippen molar-refractivity contribution in [1.29, 1.82) is 0 Å². The molecule has 0 aromatic rings. The highest BCUT2D eigenvalue weighted by Crippen LogP contribution is 2.27. The van der Waals surface area contributed by atoms with Crippen LogP contribution in [0.15, 0.2) is 0 Å². The molecule has 196 valence electrons. The summed E-state index contributed by atoms with van der Waals surface area (Å²) in [5, 5.41) is 2.48. The smallest absolute Gasteiger partial charge is 0.347 e. The van der Waals surface area contributed by atoms with Gasteiger partial charge in [0.15, 0.2) is 18.3 Å². The number of rotatable bonds is 11. The summed E-state index contributed by atoms with van der Waals surface area (Å²) in [4.78, 5) is 82.6. The van der Waals surface area contributed by atoms with E-state index < -0.39 is 84.9 Å². The third-order valence-corrected chi connectivity index (χ3v) is 4.47. The van der Waals surface area contributed by atoms with Crippen LogP contribution in [0.5, 0.6) is 0 Å². The van der Waals surface area contributed by atoms with Crippen molar-refractivity contribution in [1.82, 2.24) is 5.32 Å². The molecule has 1 aliphatic rings. The van der Waals surface area contributed by atoms with Gasteiger partial charge in [-0.2, -0.15) is 0 Å². The van der Waals surface area contributed by atoms with Gasteiger partial charge in [-0.3, -0.25) is 28.8 Å². The minimum absolute atomic E-state index is 0.240. The highest BCUT2D eigenvalue weighted by molar-refractivity contribution is 5.81. The van der Waals surface area contributed by atoms with Crippen LogP contribution in [0, 0.1) is 0 Å². The van der Waals surface area contributed by atoms with E-state index in [9.17, 15) is 33.6 Å². The Bertz CT molecular complexity index is 854. The third-order valence-electron chi connectivity index (χ3n) is 4.47. The molecule has 1 fully saturated rings. The predicted molar refractivity (Wildman–Crippen MR) is 111 cm³/mol. The zero-order chi connectivity index (χ0) is 26.9. The van der Waals surface area contributed by atoms with E-state index in [0.29, 0.717) is 0 Å². The highest BCUT2D eigenvalue weighted by Gasteiger charge is 2.50. The molecule has 0 aromatic carbocycles. The molecule has 14 heteroatoms. The first kappa shape index (κ1) is 29.3. The Labute approximate surface area is 200 Å². The monoisotopic (exact) mass is 503 g/mol. The quantitative estimate of drug-likeness (QED) is 0.270. The molecule has 6 atom stereocenters. The van der Waals surface area contributed by atoms with Crippen molar-refractivity contribution < 1.29 is 62.0 Å². The first-order valence-corrected chi connectivity index (χ1v) is 10.5. The van der Waals surface area contributed by atoms with Crippen LogP contribution in [0.25, 0.3) is 0 Å². The Balaban J connectivity index is 3.51. The van der Waals surface area contributed by atoms with Crippen molar-refractivity contribution in [2.45, 2.75) is 84.5 Å². The Morgan fingerprint density at radius 1 is 0.829 bits per heavy atom. The average Bonchev–Trinajstić information content (AvgIpc) is 3.04. The van der Waals surface area contributed by atoms with E-state index in [0.717, 1.165) is 41.5 Å². The number of ether oxygens (including phenoxy) is 6. The lowest BCUT2D eigenvalue weighted by Crippen LogP contribution is -2.60. The molecule has 0 spiro atoms. The van der Waals surface area contributed by atoms with Gasteiger partial charge in [0.25, 0.3) is 0 Å². The number of esters is 6. The molecule has 1 N–H and O–H groups in total. The van der Waals surface area contributed by atoms with Gasteiger partial charge in [-0.05, 0) is 0 Å². The van der Waals surface area contributed by atoms with Crippen molar-refractivity contribution in [3.63, 3.8) is 0 Å². The minimum atomic E-state index is -1.62. The topological polar surface area (TPSA) is 187 Å². The molecule has 1 amide bonds. The van der Waals surface area contributed by atoms with Crippen LogP contribution in [-0.2, 0) is 62.0 Å². The molecule has 0 saturated carbocycles. The fraction of sp³-hybridized carbons (Fsp3) is 0.667. The van der Waals surface area contributed by atoms with E-state index in [1.165, 1.54) is 0 Å². The number of carbonyl (C=O) groups is 7. The summed E-state index contributed by atoms with van der Waals surface area (Å²) < 4.78 is 30.9. The first-order valence-electron chi connectivity index (χ1n) is 10.5. The van der Waals surface area contributed by atoms with Gasteiger partial charge in [0.1, 0.15) is 18.8 Å². The largest absolute Gasteiger partial charge is 0.462 e. The third kappa shape index (κ3) is 9.98. The molecule has 0 bridgehead atoms. The number of cyclic esters (lactones) is 1. The summed E-state index contributed by atoms with van der Waals surface area (Å²) in [7, 11) is 0. The first-order chi connectivity index (χ1) is 16.2. The van der Waals surface area contributed by atoms with Crippen molar-refractivity contribution in [2.24, 2.45) is 0 Å². The normalized spacial score (nSPS) is 20.2. The van der Waals surface area contributed by atoms with Crippen LogP contribution < -0.4 is 5.32 Å². The second kappa shape index (κ2) is 13.2. The average molecular weight is 503 g/mol. The van der Waals surface area contributed by atoms with Gasteiger partial charge in [0, 0.05) is 48.0 Å². The van der Waals surface area contributed by atoms with Gasteiger partial charge in [-0.25, -0.2) is 4.79 Å². The summed E-state index contributed by atoms with van der Waals surface area (Å²) in [6.45, 7) is 5.79. The van der Waals surface area contributed by atoms with E-state index >= 15 is 0 Å². The fourth-order valence-electron chi connectivity index (χ4n) is 3.41. The van der Waals surface area contributed by atoms with Crippen molar-refractivity contribution in [3.05, 3.63) is 0 Å². The van der Waals surface area contributed by atoms with Crippen molar-refractivity contribution in [3.8, 4) is 0 Å². The summed E-state index contributed by atoms with van der Waals surface area (Å²) in [6, 6.07) is -1.36. The van der Waals surface area contributed by atoms with Crippen LogP contribution in [-0.4, -0.2) is 84.9 Å². The van der Waals surface area contributed by atoms with Gasteiger partial charge < -0.3 is 33.7 Å². The van der Waals surface area contributed by atoms with E-state index in [4.69, 9.17) is 28.4 Å². The fourth-order valence-corrected chi connectivity index (χ4v) is 3.41. The zero-order valence-corrected chi connectivity index (χ0v) is 20.2. The van der Waals surface area contributed by atoms with Crippen LogP contribution in [0.1, 0.15) is 48.0 Å². The number of hydrogen-bond acceptors (Lipinski definition) is 13. The molecule has 0 unspecified atom stereocenters. The van der Waals surface area contributed by atoms with Crippen molar-refractivity contribution >= 4 is 41.7 Å². The molecule has 35 heavy (non-hydrogen) atoms. The molecule has 1 aliphatic heterocycles. The maximum absolute atomic E-state index is 12.2. The standard InChI is InChI=1S/C21H29NO13/c1-9(23)22-18(15-7-16(21(29)35-15)31-11(3)25)20(34-14(6)28)19(33-13(5)27)17(32-12(4)26)8-30-10(2)24/h15-20H,7-8H2,1-6H3,(H,22,23)/t15-,16-,17+,18+,19+,20+/m0/s1. The molecule has 1 rings (SSSR count). The van der Waals surface area contributed by atoms with E-state index in [2.05, 4.69) is 5.32 Å². The van der Waals surface area contributed by atoms with E-state index in [-0.39, 0.29) is 6.42 Å². The van der Waals surface area contributed by atoms with Crippen LogP contribution in [0.3, 0.4) is 0 Å². The minimum Gasteiger partial charge on any atom is -0.462 e. The summed E-state index contributed by atoms with van der Waals surface area (Å²) >= 11 is 0. The van der Waals surface area contributed by atoms with Gasteiger partial charge in [-0.1, -0.05) is 0 Å². The van der Waals surface area contributed by atoms with Crippen LogP contribution >= 0.6 is 0 Å². The van der Waals surface area contributed by atoms with Gasteiger partial charge in [0.2, 0.25) is 12.0 Å². The van der Waals surface area contributed by atoms with E-state index in [1.807, 2.05) is 0 Å². The predicted octanol–water partition coefficient (Wildman–Crippen LogP) is -0.903. The number of nitrogens with one attached hydrogen (secondary N) is 1. The maximum atomic E-state index is 12.2. The number of carbonyl (C=O) groups excluding carboxylic acids is 7. The second-order valence-corrected chi connectivity index (χ2v) is 7.63. The molecular formula is C21H29NO13. The number of hydrogen-bond donors (Lipinski definition) is 1. The Kier molecular flexibility index (Phi) is 11.1. The molecule has 14 nitrogen and oxygen atoms in total. The summed E-state index contributed by atoms with van der Waals surface area (Å²) in [5.74, 6) is -5.70. The lowest BCUT2D eigenvalue weighted by molar-refractivity contribution is -0.194. The van der Waals surface area contributed by atoms with Crippen LogP contribution in [0.2, 0.25) is 0 Å². The summed E-state index contributed by atoms with van der Waals surface area (Å²) in [6.07, 6.45) is -7.47. The Morgan fingerprint density at radius 3 is 1.83 bits per heavy atom. The van der Waals surface area contributed by atoms with Crippen molar-refractivity contribution in [2.75, 3.05) is 6.61 Å². The zero-order valence-electron chi connectivity index (χ0n) is 20.2. The van der Waals surface area contributed by atoms with Gasteiger partial charge >= 0.3 is 35.8 Å². The Morgan fingerprint density at radius 2 is 1.37 bits per heavy atom.